The van der Waals surface area contributed by atoms with E-state index in [4.69, 9.17) is 20.3 Å². The standard InChI is InChI=1S/C41H64N2O8S/c1-2-3-7-15-30(19-20-31-35-22-27-13-12-14-28(26-50-41(48)49)34(27)23-29(35)24-38(31)45)51-40(47)33-17-10-9-16-32(33)39(46)43-36(25-42)37(44)18-8-5-4-6-11-21-52/h12-14,29-33,35-36,38,45,52H,2-11,15-26,42H2,1H3,(H,43,46)(H,48,49)/t29-,30-,31+,32-,33+,35-,36?,38+/m0/s1. The zero-order valence-electron chi connectivity index (χ0n) is 31.3. The van der Waals surface area contributed by atoms with Gasteiger partial charge in [0.25, 0.3) is 0 Å². The molecule has 0 radical (unpaired) electrons. The summed E-state index contributed by atoms with van der Waals surface area (Å²) in [6, 6.07) is 5.23. The molecule has 5 N–H and O–H groups in total. The van der Waals surface area contributed by atoms with Crippen LogP contribution in [0.25, 0.3) is 0 Å². The minimum Gasteiger partial charge on any atom is -0.462 e. The Kier molecular flexibility index (Phi) is 17.8. The molecule has 0 aromatic heterocycles. The van der Waals surface area contributed by atoms with Gasteiger partial charge in [-0.1, -0.05) is 70.1 Å². The SMILES string of the molecule is CCCCC[C@@H](CC[C@@H]1[C@H]2Cc3cccc(COC(=O)O)c3C[C@H]2C[C@H]1O)OC(=O)[C@@H]1CCCC[C@@H]1C(=O)NC(CN)C(=O)CCCCCCCS. The fourth-order valence-corrected chi connectivity index (χ4v) is 9.32. The molecule has 52 heavy (non-hydrogen) atoms. The number of benzene rings is 1. The predicted octanol–water partition coefficient (Wildman–Crippen LogP) is 6.95. The summed E-state index contributed by atoms with van der Waals surface area (Å²) in [5.74, 6) is -0.221. The summed E-state index contributed by atoms with van der Waals surface area (Å²) in [6.45, 7) is 2.21. The van der Waals surface area contributed by atoms with Crippen molar-refractivity contribution in [1.29, 1.82) is 0 Å². The lowest BCUT2D eigenvalue weighted by atomic mass is 9.72. The van der Waals surface area contributed by atoms with Crippen LogP contribution in [-0.4, -0.2) is 64.6 Å². The van der Waals surface area contributed by atoms with E-state index in [2.05, 4.69) is 30.9 Å². The molecule has 1 unspecified atom stereocenters. The number of nitrogens with one attached hydrogen (secondary N) is 1. The molecule has 1 amide bonds. The van der Waals surface area contributed by atoms with Crippen LogP contribution in [0.3, 0.4) is 0 Å². The normalized spacial score (nSPS) is 25.0. The highest BCUT2D eigenvalue weighted by molar-refractivity contribution is 7.80. The van der Waals surface area contributed by atoms with Crippen molar-refractivity contribution in [3.05, 3.63) is 34.9 Å². The Labute approximate surface area is 316 Å². The largest absolute Gasteiger partial charge is 0.506 e. The van der Waals surface area contributed by atoms with Crippen LogP contribution in [0.2, 0.25) is 0 Å². The lowest BCUT2D eigenvalue weighted by molar-refractivity contribution is -0.161. The van der Waals surface area contributed by atoms with Gasteiger partial charge in [0, 0.05) is 13.0 Å². The summed E-state index contributed by atoms with van der Waals surface area (Å²) >= 11 is 4.25. The second-order valence-electron chi connectivity index (χ2n) is 15.5. The molecule has 1 aromatic carbocycles. The molecule has 292 valence electrons. The molecular weight excluding hydrogens is 681 g/mol. The van der Waals surface area contributed by atoms with Crippen molar-refractivity contribution in [3.8, 4) is 0 Å². The molecule has 11 heteroatoms. The molecule has 2 saturated carbocycles. The van der Waals surface area contributed by atoms with Gasteiger partial charge in [-0.3, -0.25) is 14.4 Å². The second kappa shape index (κ2) is 21.9. The lowest BCUT2D eigenvalue weighted by Gasteiger charge is -2.33. The van der Waals surface area contributed by atoms with Crippen LogP contribution in [0.4, 0.5) is 4.79 Å². The first kappa shape index (κ1) is 42.1. The van der Waals surface area contributed by atoms with Gasteiger partial charge < -0.3 is 30.7 Å². The van der Waals surface area contributed by atoms with E-state index in [9.17, 15) is 24.3 Å². The van der Waals surface area contributed by atoms with E-state index < -0.39 is 30.1 Å². The molecule has 1 aromatic rings. The third kappa shape index (κ3) is 12.2. The van der Waals surface area contributed by atoms with Crippen LogP contribution < -0.4 is 11.1 Å². The summed E-state index contributed by atoms with van der Waals surface area (Å²) in [7, 11) is 0. The summed E-state index contributed by atoms with van der Waals surface area (Å²) in [5.41, 5.74) is 9.18. The molecule has 0 saturated heterocycles. The first-order valence-corrected chi connectivity index (χ1v) is 20.8. The third-order valence-electron chi connectivity index (χ3n) is 12.0. The number of rotatable bonds is 22. The molecular formula is C41H64N2O8S. The number of Topliss-reactive ketones (excluding diaryl/α,β-unsaturated/α-hetero) is 1. The zero-order chi connectivity index (χ0) is 37.5. The van der Waals surface area contributed by atoms with E-state index in [1.807, 2.05) is 12.1 Å². The molecule has 0 aliphatic heterocycles. The summed E-state index contributed by atoms with van der Waals surface area (Å²) in [6.07, 6.45) is 13.6. The summed E-state index contributed by atoms with van der Waals surface area (Å²) in [5, 5.41) is 23.2. The Morgan fingerprint density at radius 3 is 2.46 bits per heavy atom. The van der Waals surface area contributed by atoms with Crippen LogP contribution in [0.1, 0.15) is 133 Å². The second-order valence-corrected chi connectivity index (χ2v) is 16.0. The molecule has 2 fully saturated rings. The van der Waals surface area contributed by atoms with E-state index in [0.29, 0.717) is 43.9 Å². The molecule has 8 atom stereocenters. The van der Waals surface area contributed by atoms with E-state index in [1.54, 1.807) is 0 Å². The average Bonchev–Trinajstić information content (AvgIpc) is 3.45. The van der Waals surface area contributed by atoms with Gasteiger partial charge in [0.05, 0.1) is 24.0 Å². The van der Waals surface area contributed by atoms with Gasteiger partial charge in [-0.05, 0) is 111 Å². The van der Waals surface area contributed by atoms with Crippen molar-refractivity contribution in [2.45, 2.75) is 154 Å². The first-order chi connectivity index (χ1) is 25.2. The third-order valence-corrected chi connectivity index (χ3v) is 12.3. The number of carboxylic acid groups (broad SMARTS) is 1. The molecule has 10 nitrogen and oxygen atoms in total. The van der Waals surface area contributed by atoms with Crippen molar-refractivity contribution in [2.75, 3.05) is 12.3 Å². The van der Waals surface area contributed by atoms with Crippen molar-refractivity contribution in [3.63, 3.8) is 0 Å². The van der Waals surface area contributed by atoms with Crippen molar-refractivity contribution in [2.24, 2.45) is 35.3 Å². The highest BCUT2D eigenvalue weighted by atomic mass is 32.1. The average molecular weight is 745 g/mol. The number of unbranched alkanes of at least 4 members (excludes halogenated alkanes) is 6. The van der Waals surface area contributed by atoms with E-state index in [-0.39, 0.29) is 42.8 Å². The smallest absolute Gasteiger partial charge is 0.462 e. The van der Waals surface area contributed by atoms with Gasteiger partial charge in [0.15, 0.2) is 5.78 Å². The number of carbonyl (C=O) groups is 4. The molecule has 3 aliphatic carbocycles. The monoisotopic (exact) mass is 744 g/mol. The predicted molar refractivity (Wildman–Crippen MR) is 204 cm³/mol. The fourth-order valence-electron chi connectivity index (χ4n) is 9.09. The Bertz CT molecular complexity index is 1310. The number of aliphatic hydroxyl groups is 1. The first-order valence-electron chi connectivity index (χ1n) is 20.1. The van der Waals surface area contributed by atoms with Crippen LogP contribution in [0.5, 0.6) is 0 Å². The minimum atomic E-state index is -1.29. The van der Waals surface area contributed by atoms with E-state index >= 15 is 0 Å². The summed E-state index contributed by atoms with van der Waals surface area (Å²) in [4.78, 5) is 51.4. The Morgan fingerprint density at radius 1 is 0.981 bits per heavy atom. The van der Waals surface area contributed by atoms with Crippen molar-refractivity contribution in [1.82, 2.24) is 5.32 Å². The number of amides is 1. The molecule has 3 aliphatic rings. The van der Waals surface area contributed by atoms with Gasteiger partial charge in [0.2, 0.25) is 5.91 Å². The van der Waals surface area contributed by atoms with Gasteiger partial charge in [-0.15, -0.1) is 0 Å². The van der Waals surface area contributed by atoms with Crippen LogP contribution in [-0.2, 0) is 43.3 Å². The highest BCUT2D eigenvalue weighted by Crippen LogP contribution is 2.48. The number of carbonyl (C=O) groups excluding carboxylic acids is 3. The Balaban J connectivity index is 1.35. The van der Waals surface area contributed by atoms with Crippen LogP contribution >= 0.6 is 12.6 Å². The van der Waals surface area contributed by atoms with Crippen LogP contribution in [0.15, 0.2) is 18.2 Å². The number of hydrogen-bond donors (Lipinski definition) is 5. The number of hydrogen-bond acceptors (Lipinski definition) is 9. The number of aliphatic hydroxyl groups excluding tert-OH is 1. The fraction of sp³-hybridized carbons (Fsp3) is 0.756. The van der Waals surface area contributed by atoms with Gasteiger partial charge in [-0.2, -0.15) is 12.6 Å². The Morgan fingerprint density at radius 2 is 1.73 bits per heavy atom. The maximum absolute atomic E-state index is 13.9. The van der Waals surface area contributed by atoms with E-state index in [1.165, 1.54) is 5.56 Å². The molecule has 4 rings (SSSR count). The molecule has 0 heterocycles. The number of ether oxygens (including phenoxy) is 2. The van der Waals surface area contributed by atoms with Crippen LogP contribution in [0, 0.1) is 29.6 Å². The van der Waals surface area contributed by atoms with E-state index in [0.717, 1.165) is 107 Å². The Hall–Kier alpha value is -2.63. The summed E-state index contributed by atoms with van der Waals surface area (Å²) < 4.78 is 11.2. The quantitative estimate of drug-likeness (QED) is 0.0480. The van der Waals surface area contributed by atoms with Crippen molar-refractivity contribution < 1.29 is 38.9 Å². The molecule has 0 spiro atoms. The maximum atomic E-state index is 13.9. The minimum absolute atomic E-state index is 0.0271. The molecule has 0 bridgehead atoms. The topological polar surface area (TPSA) is 165 Å². The number of esters is 1. The van der Waals surface area contributed by atoms with Gasteiger partial charge in [0.1, 0.15) is 12.7 Å². The highest BCUT2D eigenvalue weighted by Gasteiger charge is 2.45. The van der Waals surface area contributed by atoms with Crippen molar-refractivity contribution >= 4 is 36.4 Å². The van der Waals surface area contributed by atoms with Gasteiger partial charge in [-0.25, -0.2) is 4.79 Å². The number of ketones is 1. The maximum Gasteiger partial charge on any atom is 0.506 e. The number of thiol groups is 1. The number of nitrogens with two attached hydrogens (primary N) is 1. The zero-order valence-corrected chi connectivity index (χ0v) is 32.2. The van der Waals surface area contributed by atoms with Gasteiger partial charge >= 0.3 is 12.1 Å². The lowest BCUT2D eigenvalue weighted by Crippen LogP contribution is -2.50. The number of fused-ring (bicyclic) bond motifs is 2.